The van der Waals surface area contributed by atoms with Crippen LogP contribution in [0.15, 0.2) is 12.3 Å². The highest BCUT2D eigenvalue weighted by atomic mass is 19.1. The predicted molar refractivity (Wildman–Crippen MR) is 82.8 cm³/mol. The van der Waals surface area contributed by atoms with Gasteiger partial charge in [-0.1, -0.05) is 0 Å². The van der Waals surface area contributed by atoms with Crippen molar-refractivity contribution in [3.8, 4) is 0 Å². The van der Waals surface area contributed by atoms with E-state index in [9.17, 15) is 9.18 Å². The molecular formula is C16H22FN3O3. The number of carbonyl (C=O) groups is 1. The number of amides is 1. The lowest BCUT2D eigenvalue weighted by Gasteiger charge is -2.41. The van der Waals surface area contributed by atoms with Gasteiger partial charge < -0.3 is 19.3 Å². The highest BCUT2D eigenvalue weighted by Gasteiger charge is 2.35. The Morgan fingerprint density at radius 2 is 2.22 bits per heavy atom. The molecule has 0 aliphatic carbocycles. The van der Waals surface area contributed by atoms with Crippen molar-refractivity contribution in [3.05, 3.63) is 23.6 Å². The third-order valence-corrected chi connectivity index (χ3v) is 3.88. The van der Waals surface area contributed by atoms with Crippen LogP contribution in [0, 0.1) is 5.82 Å². The molecule has 1 aromatic rings. The standard InChI is InChI=1S/C16H22FN3O3/c1-16(2,3)23-15(21)19-4-5-20-13(8-19)10-22-9-11-6-12(17)7-18-14(11)20/h6-7,13H,4-5,8-10H2,1-3H3/t13-/m1/s1. The van der Waals surface area contributed by atoms with E-state index in [1.54, 1.807) is 4.90 Å². The topological polar surface area (TPSA) is 54.9 Å². The minimum absolute atomic E-state index is 0.00419. The third kappa shape index (κ3) is 3.55. The fraction of sp³-hybridized carbons (Fsp3) is 0.625. The average Bonchev–Trinajstić information content (AvgIpc) is 2.63. The Kier molecular flexibility index (Phi) is 4.14. The number of ether oxygens (including phenoxy) is 2. The lowest BCUT2D eigenvalue weighted by molar-refractivity contribution is 0.0172. The number of piperazine rings is 1. The van der Waals surface area contributed by atoms with Crippen molar-refractivity contribution in [2.24, 2.45) is 0 Å². The second kappa shape index (κ2) is 5.96. The zero-order chi connectivity index (χ0) is 16.6. The van der Waals surface area contributed by atoms with Gasteiger partial charge in [0, 0.05) is 25.2 Å². The second-order valence-corrected chi connectivity index (χ2v) is 6.92. The molecule has 7 heteroatoms. The van der Waals surface area contributed by atoms with Crippen molar-refractivity contribution < 1.29 is 18.7 Å². The molecule has 0 aromatic carbocycles. The number of fused-ring (bicyclic) bond motifs is 3. The molecule has 3 heterocycles. The molecule has 0 unspecified atom stereocenters. The molecule has 0 spiro atoms. The summed E-state index contributed by atoms with van der Waals surface area (Å²) in [5.41, 5.74) is 0.234. The molecule has 1 fully saturated rings. The van der Waals surface area contributed by atoms with E-state index in [4.69, 9.17) is 9.47 Å². The molecule has 126 valence electrons. The molecule has 1 amide bonds. The lowest BCUT2D eigenvalue weighted by Crippen LogP contribution is -2.57. The maximum atomic E-state index is 13.4. The number of hydrogen-bond donors (Lipinski definition) is 0. The molecule has 3 rings (SSSR count). The van der Waals surface area contributed by atoms with Crippen LogP contribution in [0.1, 0.15) is 26.3 Å². The van der Waals surface area contributed by atoms with Crippen molar-refractivity contribution in [1.29, 1.82) is 0 Å². The maximum absolute atomic E-state index is 13.4. The molecule has 6 nitrogen and oxygen atoms in total. The number of rotatable bonds is 0. The summed E-state index contributed by atoms with van der Waals surface area (Å²) in [6.07, 6.45) is 0.912. The van der Waals surface area contributed by atoms with E-state index in [1.807, 2.05) is 20.8 Å². The molecule has 0 saturated carbocycles. The monoisotopic (exact) mass is 323 g/mol. The average molecular weight is 323 g/mol. The molecule has 1 atom stereocenters. The van der Waals surface area contributed by atoms with Crippen LogP contribution in [-0.2, 0) is 16.1 Å². The van der Waals surface area contributed by atoms with E-state index < -0.39 is 5.60 Å². The minimum atomic E-state index is -0.514. The molecule has 2 aliphatic rings. The Morgan fingerprint density at radius 1 is 1.43 bits per heavy atom. The zero-order valence-electron chi connectivity index (χ0n) is 13.7. The molecule has 0 N–H and O–H groups in total. The maximum Gasteiger partial charge on any atom is 0.410 e. The summed E-state index contributed by atoms with van der Waals surface area (Å²) in [6, 6.07) is 1.46. The number of halogens is 1. The zero-order valence-corrected chi connectivity index (χ0v) is 13.7. The molecule has 1 saturated heterocycles. The van der Waals surface area contributed by atoms with Crippen molar-refractivity contribution in [3.63, 3.8) is 0 Å². The summed E-state index contributed by atoms with van der Waals surface area (Å²) in [5.74, 6) is 0.385. The third-order valence-electron chi connectivity index (χ3n) is 3.88. The number of anilines is 1. The van der Waals surface area contributed by atoms with Gasteiger partial charge in [-0.05, 0) is 26.8 Å². The van der Waals surface area contributed by atoms with Gasteiger partial charge >= 0.3 is 6.09 Å². The van der Waals surface area contributed by atoms with Gasteiger partial charge in [0.15, 0.2) is 0 Å². The van der Waals surface area contributed by atoms with Crippen molar-refractivity contribution in [1.82, 2.24) is 9.88 Å². The summed E-state index contributed by atoms with van der Waals surface area (Å²) in [4.78, 5) is 20.3. The SMILES string of the molecule is CC(C)(C)OC(=O)N1CCN2c3ncc(F)cc3COC[C@H]2C1. The van der Waals surface area contributed by atoms with Gasteiger partial charge in [0.25, 0.3) is 0 Å². The first-order valence-electron chi connectivity index (χ1n) is 7.80. The van der Waals surface area contributed by atoms with Gasteiger partial charge in [-0.15, -0.1) is 0 Å². The van der Waals surface area contributed by atoms with Gasteiger partial charge in [0.05, 0.1) is 25.5 Å². The summed E-state index contributed by atoms with van der Waals surface area (Å²) < 4.78 is 24.5. The molecule has 0 bridgehead atoms. The summed E-state index contributed by atoms with van der Waals surface area (Å²) >= 11 is 0. The van der Waals surface area contributed by atoms with E-state index >= 15 is 0 Å². The molecule has 1 aromatic heterocycles. The number of nitrogens with zero attached hydrogens (tertiary/aromatic N) is 3. The molecule has 23 heavy (non-hydrogen) atoms. The van der Waals surface area contributed by atoms with Crippen LogP contribution in [0.5, 0.6) is 0 Å². The smallest absolute Gasteiger partial charge is 0.410 e. The Hall–Kier alpha value is -1.89. The fourth-order valence-corrected chi connectivity index (χ4v) is 2.91. The van der Waals surface area contributed by atoms with Crippen LogP contribution in [0.2, 0.25) is 0 Å². The van der Waals surface area contributed by atoms with Crippen LogP contribution in [0.3, 0.4) is 0 Å². The Balaban J connectivity index is 1.75. The second-order valence-electron chi connectivity index (χ2n) is 6.92. The molecule has 0 radical (unpaired) electrons. The van der Waals surface area contributed by atoms with Gasteiger partial charge in [-0.3, -0.25) is 0 Å². The van der Waals surface area contributed by atoms with Crippen molar-refractivity contribution in [2.45, 2.75) is 39.0 Å². The number of aromatic nitrogens is 1. The highest BCUT2D eigenvalue weighted by molar-refractivity contribution is 5.69. The van der Waals surface area contributed by atoms with Crippen LogP contribution >= 0.6 is 0 Å². The molecular weight excluding hydrogens is 301 g/mol. The largest absolute Gasteiger partial charge is 0.444 e. The summed E-state index contributed by atoms with van der Waals surface area (Å²) in [5, 5.41) is 0. The number of pyridine rings is 1. The van der Waals surface area contributed by atoms with Crippen LogP contribution in [0.4, 0.5) is 15.0 Å². The normalized spacial score (nSPS) is 21.3. The van der Waals surface area contributed by atoms with E-state index in [-0.39, 0.29) is 18.0 Å². The van der Waals surface area contributed by atoms with Gasteiger partial charge in [0.1, 0.15) is 17.2 Å². The van der Waals surface area contributed by atoms with E-state index in [0.29, 0.717) is 32.8 Å². The summed E-state index contributed by atoms with van der Waals surface area (Å²) in [7, 11) is 0. The fourth-order valence-electron chi connectivity index (χ4n) is 2.91. The minimum Gasteiger partial charge on any atom is -0.444 e. The van der Waals surface area contributed by atoms with Gasteiger partial charge in [-0.25, -0.2) is 14.2 Å². The first-order chi connectivity index (χ1) is 10.8. The van der Waals surface area contributed by atoms with E-state index in [1.165, 1.54) is 12.3 Å². The van der Waals surface area contributed by atoms with Crippen LogP contribution in [-0.4, -0.2) is 53.9 Å². The van der Waals surface area contributed by atoms with E-state index in [0.717, 1.165) is 11.4 Å². The Labute approximate surface area is 135 Å². The first-order valence-corrected chi connectivity index (χ1v) is 7.80. The number of carbonyl (C=O) groups excluding carboxylic acids is 1. The quantitative estimate of drug-likeness (QED) is 0.732. The van der Waals surface area contributed by atoms with E-state index in [2.05, 4.69) is 9.88 Å². The van der Waals surface area contributed by atoms with Crippen molar-refractivity contribution in [2.75, 3.05) is 31.1 Å². The van der Waals surface area contributed by atoms with Crippen LogP contribution < -0.4 is 4.90 Å². The highest BCUT2D eigenvalue weighted by Crippen LogP contribution is 2.27. The van der Waals surface area contributed by atoms with Crippen LogP contribution in [0.25, 0.3) is 0 Å². The number of hydrogen-bond acceptors (Lipinski definition) is 5. The van der Waals surface area contributed by atoms with Gasteiger partial charge in [-0.2, -0.15) is 0 Å². The Bertz CT molecular complexity index is 603. The predicted octanol–water partition coefficient (Wildman–Crippen LogP) is 2.18. The Morgan fingerprint density at radius 3 is 2.96 bits per heavy atom. The van der Waals surface area contributed by atoms with Crippen molar-refractivity contribution >= 4 is 11.9 Å². The summed E-state index contributed by atoms with van der Waals surface area (Å²) in [6.45, 7) is 8.03. The first kappa shape index (κ1) is 16.0. The lowest BCUT2D eigenvalue weighted by atomic mass is 10.1. The van der Waals surface area contributed by atoms with Gasteiger partial charge in [0.2, 0.25) is 0 Å². The molecule has 2 aliphatic heterocycles.